The van der Waals surface area contributed by atoms with Gasteiger partial charge in [0.15, 0.2) is 0 Å². The fraction of sp³-hybridized carbons (Fsp3) is 0.296. The zero-order valence-corrected chi connectivity index (χ0v) is 21.7. The predicted octanol–water partition coefficient (Wildman–Crippen LogP) is 6.03. The summed E-state index contributed by atoms with van der Waals surface area (Å²) in [7, 11) is 3.00. The van der Waals surface area contributed by atoms with Crippen LogP contribution in [0, 0.1) is 0 Å². The van der Waals surface area contributed by atoms with E-state index in [1.807, 2.05) is 24.3 Å². The number of methoxy groups -OCH3 is 2. The van der Waals surface area contributed by atoms with Gasteiger partial charge in [-0.2, -0.15) is 4.98 Å². The number of aromatic nitrogens is 1. The zero-order valence-electron chi connectivity index (χ0n) is 21.0. The van der Waals surface area contributed by atoms with E-state index in [0.29, 0.717) is 41.0 Å². The van der Waals surface area contributed by atoms with Crippen LogP contribution in [0.2, 0.25) is 0 Å². The molecule has 0 bridgehead atoms. The summed E-state index contributed by atoms with van der Waals surface area (Å²) < 4.78 is 15.8. The second-order valence-corrected chi connectivity index (χ2v) is 9.21. The highest BCUT2D eigenvalue weighted by molar-refractivity contribution is 6.18. The highest BCUT2D eigenvalue weighted by Crippen LogP contribution is 2.34. The molecule has 0 atom stereocenters. The highest BCUT2D eigenvalue weighted by Gasteiger charge is 2.19. The summed E-state index contributed by atoms with van der Waals surface area (Å²) in [6, 6.07) is 12.7. The molecule has 8 nitrogen and oxygen atoms in total. The molecule has 2 N–H and O–H groups in total. The molecule has 0 saturated carbocycles. The molecular formula is C27H30ClN3O5. The van der Waals surface area contributed by atoms with Gasteiger partial charge in [-0.3, -0.25) is 10.1 Å². The number of pyridine rings is 1. The van der Waals surface area contributed by atoms with Gasteiger partial charge in [-0.15, -0.1) is 11.6 Å². The maximum atomic E-state index is 12.9. The third kappa shape index (κ3) is 6.88. The number of anilines is 2. The first-order valence-corrected chi connectivity index (χ1v) is 11.9. The average Bonchev–Trinajstić information content (AvgIpc) is 2.83. The Morgan fingerprint density at radius 2 is 1.72 bits per heavy atom. The Kier molecular flexibility index (Phi) is 8.77. The fourth-order valence-corrected chi connectivity index (χ4v) is 3.79. The molecule has 0 aliphatic carbocycles. The molecule has 2 amide bonds. The van der Waals surface area contributed by atoms with Gasteiger partial charge in [0, 0.05) is 34.7 Å². The van der Waals surface area contributed by atoms with E-state index in [2.05, 4.69) is 15.6 Å². The molecule has 3 rings (SSSR count). The molecule has 2 aromatic carbocycles. The van der Waals surface area contributed by atoms with Crippen LogP contribution in [-0.2, 0) is 16.0 Å². The number of ether oxygens (including phenoxy) is 3. The minimum Gasteiger partial charge on any atom is -0.481 e. The summed E-state index contributed by atoms with van der Waals surface area (Å²) >= 11 is 6.09. The lowest BCUT2D eigenvalue weighted by atomic mass is 9.98. The zero-order chi connectivity index (χ0) is 26.3. The van der Waals surface area contributed by atoms with Crippen LogP contribution in [0.1, 0.15) is 31.9 Å². The number of rotatable bonds is 8. The van der Waals surface area contributed by atoms with Gasteiger partial charge in [0.05, 0.1) is 19.9 Å². The minimum atomic E-state index is -0.655. The first-order chi connectivity index (χ1) is 17.1. The van der Waals surface area contributed by atoms with Crippen molar-refractivity contribution in [1.82, 2.24) is 4.98 Å². The van der Waals surface area contributed by atoms with Gasteiger partial charge in [0.1, 0.15) is 5.60 Å². The highest BCUT2D eigenvalue weighted by atomic mass is 35.5. The van der Waals surface area contributed by atoms with Crippen molar-refractivity contribution in [1.29, 1.82) is 0 Å². The maximum Gasteiger partial charge on any atom is 0.412 e. The van der Waals surface area contributed by atoms with E-state index in [1.165, 1.54) is 20.3 Å². The molecule has 190 valence electrons. The van der Waals surface area contributed by atoms with E-state index < -0.39 is 11.7 Å². The number of aryl methyl sites for hydroxylation is 1. The first kappa shape index (κ1) is 26.8. The number of hydrogen-bond acceptors (Lipinski definition) is 6. The van der Waals surface area contributed by atoms with Gasteiger partial charge in [-0.05, 0) is 56.4 Å². The number of halogens is 1. The summed E-state index contributed by atoms with van der Waals surface area (Å²) in [6.07, 6.45) is 2.91. The van der Waals surface area contributed by atoms with E-state index >= 15 is 0 Å². The molecule has 0 unspecified atom stereocenters. The van der Waals surface area contributed by atoms with Gasteiger partial charge >= 0.3 is 6.09 Å². The third-order valence-corrected chi connectivity index (χ3v) is 5.26. The Labute approximate surface area is 215 Å². The lowest BCUT2D eigenvalue weighted by molar-refractivity contribution is -0.111. The van der Waals surface area contributed by atoms with Crippen molar-refractivity contribution in [3.8, 4) is 11.8 Å². The molecule has 9 heteroatoms. The van der Waals surface area contributed by atoms with Crippen molar-refractivity contribution in [3.63, 3.8) is 0 Å². The van der Waals surface area contributed by atoms with Crippen LogP contribution < -0.4 is 20.1 Å². The van der Waals surface area contributed by atoms with Crippen molar-refractivity contribution < 1.29 is 23.8 Å². The van der Waals surface area contributed by atoms with E-state index in [1.54, 1.807) is 45.0 Å². The molecule has 0 aliphatic heterocycles. The van der Waals surface area contributed by atoms with E-state index in [4.69, 9.17) is 25.8 Å². The minimum absolute atomic E-state index is 0.329. The third-order valence-electron chi connectivity index (χ3n) is 5.08. The summed E-state index contributed by atoms with van der Waals surface area (Å²) in [4.78, 5) is 29.6. The lowest BCUT2D eigenvalue weighted by Crippen LogP contribution is -2.27. The molecule has 0 fully saturated rings. The Morgan fingerprint density at radius 1 is 1.00 bits per heavy atom. The van der Waals surface area contributed by atoms with E-state index in [9.17, 15) is 9.59 Å². The van der Waals surface area contributed by atoms with Crippen LogP contribution in [-0.4, -0.2) is 42.7 Å². The van der Waals surface area contributed by atoms with Gasteiger partial charge in [-0.25, -0.2) is 4.79 Å². The molecule has 1 heterocycles. The fourth-order valence-electron chi connectivity index (χ4n) is 3.61. The summed E-state index contributed by atoms with van der Waals surface area (Å²) in [5.74, 6) is 0.717. The van der Waals surface area contributed by atoms with Crippen molar-refractivity contribution >= 4 is 51.8 Å². The van der Waals surface area contributed by atoms with Crippen LogP contribution in [0.15, 0.2) is 48.5 Å². The van der Waals surface area contributed by atoms with Crippen molar-refractivity contribution in [2.75, 3.05) is 30.7 Å². The summed E-state index contributed by atoms with van der Waals surface area (Å²) in [6.45, 7) is 5.37. The van der Waals surface area contributed by atoms with Crippen LogP contribution in [0.4, 0.5) is 16.2 Å². The van der Waals surface area contributed by atoms with E-state index in [0.717, 1.165) is 16.3 Å². The molecule has 1 aromatic heterocycles. The van der Waals surface area contributed by atoms with Gasteiger partial charge in [0.25, 0.3) is 0 Å². The number of benzene rings is 2. The molecule has 0 radical (unpaired) electrons. The number of carbonyl (C=O) groups excluding carboxylic acids is 2. The quantitative estimate of drug-likeness (QED) is 0.283. The molecular weight excluding hydrogens is 482 g/mol. The maximum absolute atomic E-state index is 12.9. The Hall–Kier alpha value is -3.78. The number of nitrogens with one attached hydrogen (secondary N) is 2. The van der Waals surface area contributed by atoms with Crippen LogP contribution in [0.25, 0.3) is 16.8 Å². The largest absolute Gasteiger partial charge is 0.481 e. The topological polar surface area (TPSA) is 98.8 Å². The van der Waals surface area contributed by atoms with E-state index in [-0.39, 0.29) is 5.91 Å². The predicted molar refractivity (Wildman–Crippen MR) is 143 cm³/mol. The van der Waals surface area contributed by atoms with Gasteiger partial charge in [-0.1, -0.05) is 24.3 Å². The van der Waals surface area contributed by atoms with Crippen LogP contribution >= 0.6 is 11.6 Å². The monoisotopic (exact) mass is 511 g/mol. The van der Waals surface area contributed by atoms with Crippen molar-refractivity contribution in [2.24, 2.45) is 0 Å². The summed E-state index contributed by atoms with van der Waals surface area (Å²) in [5.41, 5.74) is 1.87. The van der Waals surface area contributed by atoms with Crippen molar-refractivity contribution in [2.45, 2.75) is 32.8 Å². The SMILES string of the molecule is COc1ccc(C=CC(=O)Nc2cc(NC(=O)OC(C)(C)C)c3ccccc3c2CCCl)c(OC)n1. The second kappa shape index (κ2) is 11.8. The Morgan fingerprint density at radius 3 is 2.36 bits per heavy atom. The van der Waals surface area contributed by atoms with Crippen molar-refractivity contribution in [3.05, 3.63) is 59.7 Å². The smallest absolute Gasteiger partial charge is 0.412 e. The molecule has 36 heavy (non-hydrogen) atoms. The molecule has 3 aromatic rings. The van der Waals surface area contributed by atoms with Crippen LogP contribution in [0.3, 0.4) is 0 Å². The van der Waals surface area contributed by atoms with Crippen LogP contribution in [0.5, 0.6) is 11.8 Å². The number of alkyl halides is 1. The molecule has 0 spiro atoms. The number of amides is 2. The molecule has 0 saturated heterocycles. The normalized spacial score (nSPS) is 11.4. The second-order valence-electron chi connectivity index (χ2n) is 8.84. The molecule has 0 aliphatic rings. The van der Waals surface area contributed by atoms with Gasteiger partial charge in [0.2, 0.25) is 17.7 Å². The standard InChI is InChI=1S/C27H30ClN3O5/c1-27(2,3)36-26(33)30-22-16-21(20(14-15-28)18-8-6-7-9-19(18)22)29-23(32)12-10-17-11-13-24(34-4)31-25(17)35-5/h6-13,16H,14-15H2,1-5H3,(H,29,32)(H,30,33). The lowest BCUT2D eigenvalue weighted by Gasteiger charge is -2.21. The number of hydrogen-bond donors (Lipinski definition) is 2. The van der Waals surface area contributed by atoms with Gasteiger partial charge < -0.3 is 19.5 Å². The Bertz CT molecular complexity index is 1280. The Balaban J connectivity index is 1.95. The number of carbonyl (C=O) groups is 2. The number of fused-ring (bicyclic) bond motifs is 1. The summed E-state index contributed by atoms with van der Waals surface area (Å²) in [5, 5.41) is 7.40. The number of nitrogens with zero attached hydrogens (tertiary/aromatic N) is 1. The first-order valence-electron chi connectivity index (χ1n) is 11.3. The average molecular weight is 512 g/mol.